The lowest BCUT2D eigenvalue weighted by Gasteiger charge is -2.32. The number of piperidine rings is 1. The number of anilines is 3. The van der Waals surface area contributed by atoms with Crippen LogP contribution in [0, 0.1) is 16.0 Å². The first-order chi connectivity index (χ1) is 13.8. The number of nitrogens with zero attached hydrogens (tertiary/aromatic N) is 2. The van der Waals surface area contributed by atoms with Crippen LogP contribution in [-0.4, -0.2) is 29.8 Å². The van der Waals surface area contributed by atoms with Gasteiger partial charge in [0.05, 0.1) is 16.3 Å². The minimum absolute atomic E-state index is 0.0736. The first kappa shape index (κ1) is 20.8. The number of para-hydroxylation sites is 2. The fourth-order valence-corrected chi connectivity index (χ4v) is 3.78. The Hall–Kier alpha value is -2.94. The van der Waals surface area contributed by atoms with Gasteiger partial charge >= 0.3 is 0 Å². The van der Waals surface area contributed by atoms with Gasteiger partial charge in [-0.15, -0.1) is 0 Å². The molecule has 9 heteroatoms. The van der Waals surface area contributed by atoms with Gasteiger partial charge in [-0.1, -0.05) is 28.1 Å². The highest BCUT2D eigenvalue weighted by molar-refractivity contribution is 9.10. The standard InChI is InChI=1S/C20H21BrN4O4/c1-13(26)22-16-7-6-15(21)12-17(16)23-20(27)14-8-10-24(11-9-14)18-4-2-3-5-19(18)25(28)29/h2-7,12,14H,8-11H2,1H3,(H,22,26)(H,23,27). The summed E-state index contributed by atoms with van der Waals surface area (Å²) in [5, 5.41) is 16.9. The predicted octanol–water partition coefficient (Wildman–Crippen LogP) is 4.17. The van der Waals surface area contributed by atoms with E-state index in [4.69, 9.17) is 0 Å². The molecule has 1 aliphatic heterocycles. The lowest BCUT2D eigenvalue weighted by atomic mass is 9.95. The molecule has 3 rings (SSSR count). The van der Waals surface area contributed by atoms with E-state index < -0.39 is 0 Å². The normalized spacial score (nSPS) is 14.3. The summed E-state index contributed by atoms with van der Waals surface area (Å²) in [6.07, 6.45) is 1.17. The summed E-state index contributed by atoms with van der Waals surface area (Å²) in [6, 6.07) is 11.9. The van der Waals surface area contributed by atoms with Gasteiger partial charge < -0.3 is 15.5 Å². The molecule has 0 aromatic heterocycles. The smallest absolute Gasteiger partial charge is 0.292 e. The van der Waals surface area contributed by atoms with Gasteiger partial charge in [0.15, 0.2) is 0 Å². The molecule has 0 spiro atoms. The first-order valence-corrected chi connectivity index (χ1v) is 10.0. The second kappa shape index (κ2) is 9.04. The molecule has 2 N–H and O–H groups in total. The van der Waals surface area contributed by atoms with Crippen LogP contribution in [0.3, 0.4) is 0 Å². The Morgan fingerprint density at radius 2 is 1.79 bits per heavy atom. The van der Waals surface area contributed by atoms with Crippen molar-refractivity contribution in [3.63, 3.8) is 0 Å². The highest BCUT2D eigenvalue weighted by atomic mass is 79.9. The zero-order valence-corrected chi connectivity index (χ0v) is 17.4. The zero-order valence-electron chi connectivity index (χ0n) is 15.9. The van der Waals surface area contributed by atoms with Crippen LogP contribution in [0.4, 0.5) is 22.7 Å². The molecule has 29 heavy (non-hydrogen) atoms. The third-order valence-electron chi connectivity index (χ3n) is 4.84. The predicted molar refractivity (Wildman–Crippen MR) is 115 cm³/mol. The quantitative estimate of drug-likeness (QED) is 0.514. The molecule has 0 atom stereocenters. The summed E-state index contributed by atoms with van der Waals surface area (Å²) in [5.41, 5.74) is 1.72. The van der Waals surface area contributed by atoms with E-state index in [9.17, 15) is 19.7 Å². The second-order valence-electron chi connectivity index (χ2n) is 6.87. The van der Waals surface area contributed by atoms with Gasteiger partial charge in [-0.3, -0.25) is 19.7 Å². The van der Waals surface area contributed by atoms with Crippen molar-refractivity contribution in [2.75, 3.05) is 28.6 Å². The van der Waals surface area contributed by atoms with E-state index >= 15 is 0 Å². The molecule has 1 aliphatic rings. The van der Waals surface area contributed by atoms with Crippen LogP contribution in [0.2, 0.25) is 0 Å². The molecule has 1 saturated heterocycles. The number of hydrogen-bond donors (Lipinski definition) is 2. The monoisotopic (exact) mass is 460 g/mol. The highest BCUT2D eigenvalue weighted by Gasteiger charge is 2.28. The van der Waals surface area contributed by atoms with Gasteiger partial charge in [0.1, 0.15) is 5.69 Å². The number of benzene rings is 2. The molecule has 1 heterocycles. The first-order valence-electron chi connectivity index (χ1n) is 9.21. The summed E-state index contributed by atoms with van der Waals surface area (Å²) in [4.78, 5) is 37.0. The molecule has 1 fully saturated rings. The third-order valence-corrected chi connectivity index (χ3v) is 5.33. The number of hydrogen-bond acceptors (Lipinski definition) is 5. The van der Waals surface area contributed by atoms with Crippen LogP contribution in [0.15, 0.2) is 46.9 Å². The van der Waals surface area contributed by atoms with Crippen molar-refractivity contribution < 1.29 is 14.5 Å². The maximum atomic E-state index is 12.8. The highest BCUT2D eigenvalue weighted by Crippen LogP contribution is 2.32. The van der Waals surface area contributed by atoms with E-state index in [0.29, 0.717) is 43.0 Å². The number of amides is 2. The summed E-state index contributed by atoms with van der Waals surface area (Å²) < 4.78 is 0.785. The summed E-state index contributed by atoms with van der Waals surface area (Å²) >= 11 is 3.37. The Morgan fingerprint density at radius 3 is 2.45 bits per heavy atom. The molecule has 0 aliphatic carbocycles. The van der Waals surface area contributed by atoms with Gasteiger partial charge in [-0.2, -0.15) is 0 Å². The number of nitro benzene ring substituents is 1. The van der Waals surface area contributed by atoms with Crippen molar-refractivity contribution in [3.8, 4) is 0 Å². The van der Waals surface area contributed by atoms with Gasteiger partial charge in [-0.05, 0) is 37.1 Å². The number of halogens is 1. The van der Waals surface area contributed by atoms with Crippen LogP contribution in [0.25, 0.3) is 0 Å². The molecule has 2 aromatic rings. The van der Waals surface area contributed by atoms with Crippen LogP contribution in [0.5, 0.6) is 0 Å². The van der Waals surface area contributed by atoms with Crippen molar-refractivity contribution in [1.82, 2.24) is 0 Å². The molecule has 0 radical (unpaired) electrons. The number of carbonyl (C=O) groups excluding carboxylic acids is 2. The van der Waals surface area contributed by atoms with Crippen molar-refractivity contribution in [3.05, 3.63) is 57.1 Å². The minimum Gasteiger partial charge on any atom is -0.366 e. The molecule has 152 valence electrons. The minimum atomic E-state index is -0.384. The Kier molecular flexibility index (Phi) is 6.48. The van der Waals surface area contributed by atoms with Crippen LogP contribution in [0.1, 0.15) is 19.8 Å². The number of carbonyl (C=O) groups is 2. The van der Waals surface area contributed by atoms with E-state index in [1.54, 1.807) is 36.4 Å². The lowest BCUT2D eigenvalue weighted by molar-refractivity contribution is -0.384. The fourth-order valence-electron chi connectivity index (χ4n) is 3.42. The van der Waals surface area contributed by atoms with Crippen LogP contribution in [-0.2, 0) is 9.59 Å². The summed E-state index contributed by atoms with van der Waals surface area (Å²) in [5.74, 6) is -0.560. The average Bonchev–Trinajstić information content (AvgIpc) is 2.70. The molecular weight excluding hydrogens is 440 g/mol. The Balaban J connectivity index is 1.66. The van der Waals surface area contributed by atoms with E-state index in [2.05, 4.69) is 26.6 Å². The SMILES string of the molecule is CC(=O)Nc1ccc(Br)cc1NC(=O)C1CCN(c2ccccc2[N+](=O)[O-])CC1. The molecule has 2 aromatic carbocycles. The molecule has 2 amide bonds. The maximum absolute atomic E-state index is 12.8. The Morgan fingerprint density at radius 1 is 1.10 bits per heavy atom. The average molecular weight is 461 g/mol. The third kappa shape index (κ3) is 5.11. The van der Waals surface area contributed by atoms with Crippen molar-refractivity contribution in [1.29, 1.82) is 0 Å². The van der Waals surface area contributed by atoms with E-state index in [0.717, 1.165) is 4.47 Å². The molecule has 0 unspecified atom stereocenters. The largest absolute Gasteiger partial charge is 0.366 e. The van der Waals surface area contributed by atoms with Gasteiger partial charge in [-0.25, -0.2) is 0 Å². The molecule has 8 nitrogen and oxygen atoms in total. The molecular formula is C20H21BrN4O4. The van der Waals surface area contributed by atoms with E-state index in [1.807, 2.05) is 4.90 Å². The maximum Gasteiger partial charge on any atom is 0.292 e. The fraction of sp³-hybridized carbons (Fsp3) is 0.300. The van der Waals surface area contributed by atoms with Gasteiger partial charge in [0.25, 0.3) is 5.69 Å². The van der Waals surface area contributed by atoms with Gasteiger partial charge in [0, 0.05) is 36.5 Å². The van der Waals surface area contributed by atoms with Crippen molar-refractivity contribution in [2.45, 2.75) is 19.8 Å². The molecule has 0 saturated carbocycles. The number of nitrogens with one attached hydrogen (secondary N) is 2. The van der Waals surface area contributed by atoms with E-state index in [1.165, 1.54) is 13.0 Å². The second-order valence-corrected chi connectivity index (χ2v) is 7.78. The van der Waals surface area contributed by atoms with Crippen molar-refractivity contribution in [2.24, 2.45) is 5.92 Å². The lowest BCUT2D eigenvalue weighted by Crippen LogP contribution is -2.38. The number of nitro groups is 1. The summed E-state index contributed by atoms with van der Waals surface area (Å²) in [7, 11) is 0. The van der Waals surface area contributed by atoms with Crippen LogP contribution >= 0.6 is 15.9 Å². The van der Waals surface area contributed by atoms with E-state index in [-0.39, 0.29) is 28.3 Å². The molecule has 0 bridgehead atoms. The van der Waals surface area contributed by atoms with Crippen molar-refractivity contribution >= 4 is 50.5 Å². The van der Waals surface area contributed by atoms with Crippen LogP contribution < -0.4 is 15.5 Å². The number of rotatable bonds is 5. The Labute approximate surface area is 176 Å². The zero-order chi connectivity index (χ0) is 21.0. The summed E-state index contributed by atoms with van der Waals surface area (Å²) in [6.45, 7) is 2.52. The Bertz CT molecular complexity index is 942. The topological polar surface area (TPSA) is 105 Å². The van der Waals surface area contributed by atoms with Gasteiger partial charge in [0.2, 0.25) is 11.8 Å².